The van der Waals surface area contributed by atoms with Crippen LogP contribution in [0.3, 0.4) is 0 Å². The normalized spacial score (nSPS) is 27.4. The van der Waals surface area contributed by atoms with Crippen molar-refractivity contribution in [1.29, 1.82) is 0 Å². The number of hydrogen-bond donors (Lipinski definition) is 6. The molecule has 2 aliphatic rings. The molecule has 10 atom stereocenters. The number of aryl methyl sites for hydroxylation is 2. The van der Waals surface area contributed by atoms with Gasteiger partial charge in [-0.15, -0.1) is 8.62 Å². The first-order chi connectivity index (χ1) is 24.5. The van der Waals surface area contributed by atoms with Gasteiger partial charge in [0.05, 0.1) is 24.3 Å². The van der Waals surface area contributed by atoms with Crippen LogP contribution in [-0.4, -0.2) is 82.1 Å². The SMILES string of the molecule is Cc1cn([C@H]2C[C@H](N=[N+]=[N-])[C@@H](CO[P+](O)([S-])OP(=O)(O)CP(=O)(O)O[P+](O)([S-])OC[C@H]3O[C@@H](n4cc(C)c(=O)[nH]c4=O)C[C@@H]3N=[N+]=[N-])O2)c(=O)[nH]c1=O. The van der Waals surface area contributed by atoms with E-state index in [4.69, 9.17) is 54.1 Å². The lowest BCUT2D eigenvalue weighted by Crippen LogP contribution is -2.33. The van der Waals surface area contributed by atoms with Crippen molar-refractivity contribution in [2.24, 2.45) is 10.2 Å². The summed E-state index contributed by atoms with van der Waals surface area (Å²) in [6.45, 7) is 1.38. The molecule has 2 aliphatic heterocycles. The lowest BCUT2D eigenvalue weighted by Gasteiger charge is -2.27. The van der Waals surface area contributed by atoms with Crippen LogP contribution in [0.25, 0.3) is 20.9 Å². The van der Waals surface area contributed by atoms with E-state index in [0.717, 1.165) is 9.13 Å². The standard InChI is InChI=1S/C21H30N10O16P4S2/c1-10-5-30(20(34)24-18(10)32)16-3-12(26-28-22)14(44-16)7-42-50(40,52)46-48(36,37)9-49(38,39)47-51(41,53)43-8-15-13(27-29-23)4-17(45-15)31-6-11(2)19(33)25-21(31)35/h5-6,12-17H,3-4,7-9H2,1-2H3,(H,36,37)(H,38,39)(H,40,52)(H,41,53)(H,24,32,34)(H,25,33,35)/t12-,13-,14+,15+,16+,17+,50?,51?/m0/s1. The highest BCUT2D eigenvalue weighted by Crippen LogP contribution is 2.74. The molecule has 0 aromatic carbocycles. The molecule has 6 N–H and O–H groups in total. The van der Waals surface area contributed by atoms with E-state index in [0.29, 0.717) is 0 Å². The second-order valence-electron chi connectivity index (χ2n) is 11.3. The summed E-state index contributed by atoms with van der Waals surface area (Å²) in [5.74, 6) is -1.79. The Morgan fingerprint density at radius 3 is 1.53 bits per heavy atom. The number of aromatic amines is 2. The van der Waals surface area contributed by atoms with Crippen molar-refractivity contribution in [2.75, 3.05) is 19.1 Å². The second-order valence-corrected chi connectivity index (χ2v) is 21.5. The summed E-state index contributed by atoms with van der Waals surface area (Å²) in [7, 11) is -20.3. The molecule has 2 saturated heterocycles. The minimum atomic E-state index is -5.40. The van der Waals surface area contributed by atoms with Gasteiger partial charge in [0, 0.05) is 46.2 Å². The van der Waals surface area contributed by atoms with Gasteiger partial charge in [-0.25, -0.2) is 19.4 Å². The number of ether oxygens (including phenoxy) is 2. The van der Waals surface area contributed by atoms with Crippen molar-refractivity contribution >= 4 is 54.0 Å². The molecular formula is C21H30N10O16P4S2. The molecular weight excluding hydrogens is 836 g/mol. The molecule has 0 radical (unpaired) electrons. The van der Waals surface area contributed by atoms with Gasteiger partial charge in [-0.1, -0.05) is 10.2 Å². The van der Waals surface area contributed by atoms with E-state index in [-0.39, 0.29) is 24.0 Å². The average Bonchev–Trinajstić information content (AvgIpc) is 3.61. The van der Waals surface area contributed by atoms with Gasteiger partial charge < -0.3 is 43.8 Å². The fraction of sp³-hybridized carbons (Fsp3) is 0.619. The van der Waals surface area contributed by atoms with Gasteiger partial charge in [0.25, 0.3) is 25.4 Å². The fourth-order valence-corrected chi connectivity index (χ4v) is 14.0. The van der Waals surface area contributed by atoms with Gasteiger partial charge in [-0.2, -0.15) is 9.05 Å². The third-order valence-electron chi connectivity index (χ3n) is 7.34. The topological polar surface area (TPSA) is 378 Å². The van der Waals surface area contributed by atoms with Gasteiger partial charge in [0.1, 0.15) is 25.7 Å². The van der Waals surface area contributed by atoms with Crippen molar-refractivity contribution < 1.29 is 55.8 Å². The number of rotatable bonds is 16. The molecule has 53 heavy (non-hydrogen) atoms. The fourth-order valence-electron chi connectivity index (χ4n) is 5.03. The molecule has 0 spiro atoms. The third kappa shape index (κ3) is 11.8. The molecule has 4 unspecified atom stereocenters. The summed E-state index contributed by atoms with van der Waals surface area (Å²) in [5, 5.41) is 7.09. The van der Waals surface area contributed by atoms with Crippen LogP contribution >= 0.6 is 29.5 Å². The lowest BCUT2D eigenvalue weighted by molar-refractivity contribution is -0.0243. The first-order valence-corrected chi connectivity index (χ1v) is 23.3. The van der Waals surface area contributed by atoms with Crippen LogP contribution in [0.1, 0.15) is 36.4 Å². The Bertz CT molecular complexity index is 1990. The Labute approximate surface area is 307 Å². The number of nitrogens with zero attached hydrogens (tertiary/aromatic N) is 8. The van der Waals surface area contributed by atoms with E-state index in [1.54, 1.807) is 0 Å². The maximum atomic E-state index is 12.8. The molecule has 0 saturated carbocycles. The first kappa shape index (κ1) is 43.3. The van der Waals surface area contributed by atoms with E-state index in [9.17, 15) is 47.9 Å². The molecule has 0 bridgehead atoms. The van der Waals surface area contributed by atoms with Crippen molar-refractivity contribution in [3.05, 3.63) is 86.1 Å². The molecule has 32 heteroatoms. The Hall–Kier alpha value is -2.40. The van der Waals surface area contributed by atoms with Crippen LogP contribution in [0.5, 0.6) is 0 Å². The highest BCUT2D eigenvalue weighted by molar-refractivity contribution is 8.37. The minimum Gasteiger partial charge on any atom is -0.459 e. The van der Waals surface area contributed by atoms with Crippen molar-refractivity contribution in [1.82, 2.24) is 19.1 Å². The highest BCUT2D eigenvalue weighted by atomic mass is 32.7. The first-order valence-electron chi connectivity index (χ1n) is 14.6. The molecule has 26 nitrogen and oxygen atoms in total. The number of nitrogens with one attached hydrogen (secondary N) is 2. The van der Waals surface area contributed by atoms with Crippen molar-refractivity contribution in [2.45, 2.75) is 63.4 Å². The zero-order valence-electron chi connectivity index (χ0n) is 27.0. The third-order valence-corrected chi connectivity index (χ3v) is 16.7. The smallest absolute Gasteiger partial charge is 0.379 e. The van der Waals surface area contributed by atoms with Crippen molar-refractivity contribution in [3.8, 4) is 0 Å². The number of aromatic nitrogens is 4. The maximum absolute atomic E-state index is 12.8. The van der Waals surface area contributed by atoms with Gasteiger partial charge >= 0.3 is 26.6 Å². The zero-order chi connectivity index (χ0) is 39.5. The molecule has 4 rings (SSSR count). The van der Waals surface area contributed by atoms with Crippen LogP contribution in [0.2, 0.25) is 0 Å². The largest absolute Gasteiger partial charge is 0.459 e. The quantitative estimate of drug-likeness (QED) is 0.0457. The number of azide groups is 2. The van der Waals surface area contributed by atoms with Crippen LogP contribution in [0.15, 0.2) is 41.8 Å². The Balaban J connectivity index is 1.34. The van der Waals surface area contributed by atoms with Gasteiger partial charge in [-0.05, 0) is 24.9 Å². The molecule has 2 aromatic rings. The Kier molecular flexibility index (Phi) is 14.0. The van der Waals surface area contributed by atoms with Gasteiger partial charge in [-0.3, -0.25) is 37.8 Å². The minimum absolute atomic E-state index is 0.105. The zero-order valence-corrected chi connectivity index (χ0v) is 32.2. The average molecular weight is 867 g/mol. The van der Waals surface area contributed by atoms with E-state index in [1.807, 2.05) is 0 Å². The summed E-state index contributed by atoms with van der Waals surface area (Å²) >= 11 is 9.51. The van der Waals surface area contributed by atoms with E-state index >= 15 is 0 Å². The summed E-state index contributed by atoms with van der Waals surface area (Å²) in [5.41, 5.74) is 15.3. The van der Waals surface area contributed by atoms with Crippen LogP contribution in [0, 0.1) is 13.8 Å². The van der Waals surface area contributed by atoms with Gasteiger partial charge in [0.15, 0.2) is 5.90 Å². The highest BCUT2D eigenvalue weighted by Gasteiger charge is 2.49. The van der Waals surface area contributed by atoms with E-state index < -0.39 is 108 Å². The van der Waals surface area contributed by atoms with Crippen molar-refractivity contribution in [3.63, 3.8) is 0 Å². The second kappa shape index (κ2) is 17.2. The van der Waals surface area contributed by atoms with Crippen LogP contribution in [0.4, 0.5) is 0 Å². The van der Waals surface area contributed by atoms with Crippen LogP contribution in [-0.2, 0) is 60.8 Å². The molecule has 292 valence electrons. The predicted octanol–water partition coefficient (Wildman–Crippen LogP) is 1.46. The summed E-state index contributed by atoms with van der Waals surface area (Å²) < 4.78 is 58.3. The molecule has 2 fully saturated rings. The van der Waals surface area contributed by atoms with E-state index in [1.165, 1.54) is 26.2 Å². The number of hydrogen-bond acceptors (Lipinski definition) is 18. The van der Waals surface area contributed by atoms with Gasteiger partial charge in [0.2, 0.25) is 0 Å². The molecule has 4 heterocycles. The predicted molar refractivity (Wildman–Crippen MR) is 187 cm³/mol. The molecule has 0 amide bonds. The summed E-state index contributed by atoms with van der Waals surface area (Å²) in [6.07, 6.45) is -2.40. The lowest BCUT2D eigenvalue weighted by atomic mass is 10.1. The summed E-state index contributed by atoms with van der Waals surface area (Å²) in [6, 6.07) is -2.06. The molecule has 2 aromatic heterocycles. The number of H-pyrrole nitrogens is 2. The summed E-state index contributed by atoms with van der Waals surface area (Å²) in [4.78, 5) is 99.1. The monoisotopic (exact) mass is 866 g/mol. The van der Waals surface area contributed by atoms with E-state index in [2.05, 4.69) is 38.6 Å². The maximum Gasteiger partial charge on any atom is 0.379 e. The van der Waals surface area contributed by atoms with Crippen LogP contribution < -0.4 is 22.5 Å². The Morgan fingerprint density at radius 2 is 1.19 bits per heavy atom. The Morgan fingerprint density at radius 1 is 0.830 bits per heavy atom. The molecule has 0 aliphatic carbocycles.